The van der Waals surface area contributed by atoms with E-state index in [2.05, 4.69) is 15.0 Å². The molecule has 3 unspecified atom stereocenters. The number of nitrogen functional groups attached to an aromatic ring is 1. The van der Waals surface area contributed by atoms with Gasteiger partial charge in [0.05, 0.1) is 35.0 Å². The maximum Gasteiger partial charge on any atom is 0.296 e. The maximum absolute atomic E-state index is 15.1. The zero-order valence-corrected chi connectivity index (χ0v) is 18.8. The van der Waals surface area contributed by atoms with E-state index in [0.717, 1.165) is 0 Å². The lowest BCUT2D eigenvalue weighted by Crippen LogP contribution is -2.34. The number of hydrogen-bond donors (Lipinski definition) is 3. The van der Waals surface area contributed by atoms with Gasteiger partial charge in [0.25, 0.3) is 6.01 Å². The number of fused-ring (bicyclic) bond motifs is 2. The molecule has 11 heteroatoms. The lowest BCUT2D eigenvalue weighted by atomic mass is 10.0. The van der Waals surface area contributed by atoms with Crippen LogP contribution in [-0.4, -0.2) is 57.7 Å². The molecule has 2 aromatic carbocycles. The molecule has 4 N–H and O–H groups in total. The quantitative estimate of drug-likeness (QED) is 0.366. The average Bonchev–Trinajstić information content (AvgIpc) is 3.51. The molecule has 0 bridgehead atoms. The summed E-state index contributed by atoms with van der Waals surface area (Å²) in [5.74, 6) is -1.63. The van der Waals surface area contributed by atoms with E-state index in [1.165, 1.54) is 18.2 Å². The van der Waals surface area contributed by atoms with Gasteiger partial charge in [0.1, 0.15) is 29.9 Å². The van der Waals surface area contributed by atoms with Gasteiger partial charge in [-0.2, -0.15) is 4.98 Å². The molecule has 2 aliphatic heterocycles. The number of nitrogens with two attached hydrogens (primary N) is 1. The number of halogens is 3. The molecule has 2 aromatic heterocycles. The molecule has 4 atom stereocenters. The van der Waals surface area contributed by atoms with E-state index in [4.69, 9.17) is 31.5 Å². The van der Waals surface area contributed by atoms with Gasteiger partial charge in [0.2, 0.25) is 0 Å². The van der Waals surface area contributed by atoms with Crippen molar-refractivity contribution >= 4 is 28.5 Å². The van der Waals surface area contributed by atoms with Gasteiger partial charge in [-0.15, -0.1) is 0 Å². The standard InChI is InChI=1S/C24H19ClF2N4O4/c25-13-7-16-23(31-24(29-16)35-18-9-34-21-17(32)8-33-22(18)21)30-20(13)19-14(26)5-11(6-15(19)27)10-1-3-12(28)4-2-10/h1-7,17-18,21-22,32H,8-9,28H2,(H,29,30,31)/t17?,18?,21-,22?/m1/s1. The van der Waals surface area contributed by atoms with Crippen LogP contribution in [0.1, 0.15) is 0 Å². The summed E-state index contributed by atoms with van der Waals surface area (Å²) in [6.07, 6.45) is -2.06. The monoisotopic (exact) mass is 500 g/mol. The first-order valence-corrected chi connectivity index (χ1v) is 11.2. The molecule has 4 aromatic rings. The summed E-state index contributed by atoms with van der Waals surface area (Å²) in [6, 6.07) is 10.7. The molecule has 2 saturated heterocycles. The summed E-state index contributed by atoms with van der Waals surface area (Å²) in [5, 5.41) is 9.92. The van der Waals surface area contributed by atoms with Gasteiger partial charge in [-0.05, 0) is 41.5 Å². The van der Waals surface area contributed by atoms with Crippen LogP contribution in [0.25, 0.3) is 33.5 Å². The van der Waals surface area contributed by atoms with Crippen molar-refractivity contribution in [2.75, 3.05) is 18.9 Å². The molecule has 0 spiro atoms. The maximum atomic E-state index is 15.1. The number of anilines is 1. The summed E-state index contributed by atoms with van der Waals surface area (Å²) < 4.78 is 47.2. The predicted octanol–water partition coefficient (Wildman–Crippen LogP) is 3.71. The number of rotatable bonds is 4. The van der Waals surface area contributed by atoms with Crippen LogP contribution in [0.4, 0.5) is 14.5 Å². The highest BCUT2D eigenvalue weighted by Gasteiger charge is 2.48. The Hall–Kier alpha value is -3.31. The number of hydrogen-bond acceptors (Lipinski definition) is 7. The van der Waals surface area contributed by atoms with Crippen molar-refractivity contribution in [3.8, 4) is 28.4 Å². The largest absolute Gasteiger partial charge is 0.456 e. The molecule has 35 heavy (non-hydrogen) atoms. The first kappa shape index (κ1) is 22.2. The van der Waals surface area contributed by atoms with Gasteiger partial charge < -0.3 is 30.0 Å². The fourth-order valence-corrected chi connectivity index (χ4v) is 4.70. The van der Waals surface area contributed by atoms with Crippen molar-refractivity contribution in [2.24, 2.45) is 0 Å². The Labute approximate surface area is 202 Å². The van der Waals surface area contributed by atoms with Gasteiger partial charge in [0.15, 0.2) is 11.8 Å². The first-order chi connectivity index (χ1) is 16.9. The van der Waals surface area contributed by atoms with Crippen molar-refractivity contribution in [3.63, 3.8) is 0 Å². The average molecular weight is 501 g/mol. The molecular weight excluding hydrogens is 482 g/mol. The highest BCUT2D eigenvalue weighted by Crippen LogP contribution is 2.36. The lowest BCUT2D eigenvalue weighted by molar-refractivity contribution is 0.00706. The van der Waals surface area contributed by atoms with E-state index >= 15 is 8.78 Å². The molecule has 0 radical (unpaired) electrons. The number of aliphatic hydroxyl groups excluding tert-OH is 1. The Morgan fingerprint density at radius 1 is 1.00 bits per heavy atom. The number of nitrogens with zero attached hydrogens (tertiary/aromatic N) is 2. The summed E-state index contributed by atoms with van der Waals surface area (Å²) in [4.78, 5) is 11.5. The zero-order valence-electron chi connectivity index (χ0n) is 18.0. The Kier molecular flexibility index (Phi) is 5.33. The number of aromatic nitrogens is 3. The van der Waals surface area contributed by atoms with Crippen molar-refractivity contribution in [1.82, 2.24) is 15.0 Å². The van der Waals surface area contributed by atoms with Gasteiger partial charge >= 0.3 is 0 Å². The summed E-state index contributed by atoms with van der Waals surface area (Å²) in [5.41, 5.74) is 7.36. The SMILES string of the molecule is Nc1ccc(-c2cc(F)c(-c3nc4nc(OC5CO[C@@H]6C(O)COC56)[nH]c4cc3Cl)c(F)c2)cc1. The minimum Gasteiger partial charge on any atom is -0.456 e. The van der Waals surface area contributed by atoms with Crippen LogP contribution in [0.2, 0.25) is 5.02 Å². The van der Waals surface area contributed by atoms with Crippen molar-refractivity contribution < 1.29 is 28.1 Å². The first-order valence-electron chi connectivity index (χ1n) is 10.9. The lowest BCUT2D eigenvalue weighted by Gasteiger charge is -2.15. The minimum atomic E-state index is -0.816. The number of aliphatic hydroxyl groups is 1. The molecule has 0 aliphatic carbocycles. The van der Waals surface area contributed by atoms with Crippen molar-refractivity contribution in [3.05, 3.63) is 59.1 Å². The minimum absolute atomic E-state index is 0.0391. The number of ether oxygens (including phenoxy) is 3. The number of H-pyrrole nitrogens is 1. The second kappa shape index (κ2) is 8.42. The Morgan fingerprint density at radius 2 is 1.71 bits per heavy atom. The zero-order chi connectivity index (χ0) is 24.3. The summed E-state index contributed by atoms with van der Waals surface area (Å²) in [7, 11) is 0. The van der Waals surface area contributed by atoms with Gasteiger partial charge in [-0.25, -0.2) is 13.8 Å². The molecular formula is C24H19ClF2N4O4. The van der Waals surface area contributed by atoms with E-state index < -0.39 is 36.1 Å². The number of imidazole rings is 1. The van der Waals surface area contributed by atoms with Crippen LogP contribution in [0.3, 0.4) is 0 Å². The third kappa shape index (κ3) is 3.88. The van der Waals surface area contributed by atoms with Crippen LogP contribution in [0.15, 0.2) is 42.5 Å². The molecule has 6 rings (SSSR count). The van der Waals surface area contributed by atoms with E-state index in [1.807, 2.05) is 0 Å². The van der Waals surface area contributed by atoms with E-state index in [0.29, 0.717) is 22.3 Å². The number of benzene rings is 2. The Balaban J connectivity index is 1.32. The Bertz CT molecular complexity index is 1410. The molecule has 8 nitrogen and oxygen atoms in total. The van der Waals surface area contributed by atoms with Crippen LogP contribution >= 0.6 is 11.6 Å². The summed E-state index contributed by atoms with van der Waals surface area (Å²) in [6.45, 7) is 0.393. The number of aromatic amines is 1. The highest BCUT2D eigenvalue weighted by atomic mass is 35.5. The smallest absolute Gasteiger partial charge is 0.296 e. The molecule has 4 heterocycles. The van der Waals surface area contributed by atoms with Gasteiger partial charge in [-0.1, -0.05) is 23.7 Å². The van der Waals surface area contributed by atoms with Crippen LogP contribution in [-0.2, 0) is 9.47 Å². The van der Waals surface area contributed by atoms with Crippen LogP contribution in [0.5, 0.6) is 6.01 Å². The number of pyridine rings is 1. The Morgan fingerprint density at radius 3 is 2.46 bits per heavy atom. The normalized spacial score (nSPS) is 23.7. The predicted molar refractivity (Wildman–Crippen MR) is 124 cm³/mol. The van der Waals surface area contributed by atoms with Gasteiger partial charge in [-0.3, -0.25) is 0 Å². The van der Waals surface area contributed by atoms with Crippen LogP contribution in [0, 0.1) is 11.6 Å². The van der Waals surface area contributed by atoms with E-state index in [1.54, 1.807) is 24.3 Å². The third-order valence-corrected chi connectivity index (χ3v) is 6.46. The second-order valence-electron chi connectivity index (χ2n) is 8.49. The van der Waals surface area contributed by atoms with E-state index in [9.17, 15) is 5.11 Å². The fraction of sp³-hybridized carbons (Fsp3) is 0.250. The molecule has 2 aliphatic rings. The van der Waals surface area contributed by atoms with Crippen LogP contribution < -0.4 is 10.5 Å². The second-order valence-corrected chi connectivity index (χ2v) is 8.90. The number of nitrogens with one attached hydrogen (secondary N) is 1. The fourth-order valence-electron chi connectivity index (χ4n) is 4.46. The molecule has 2 fully saturated rings. The highest BCUT2D eigenvalue weighted by molar-refractivity contribution is 6.33. The third-order valence-electron chi connectivity index (χ3n) is 6.17. The van der Waals surface area contributed by atoms with Crippen molar-refractivity contribution in [1.29, 1.82) is 0 Å². The van der Waals surface area contributed by atoms with Crippen molar-refractivity contribution in [2.45, 2.75) is 24.4 Å². The topological polar surface area (TPSA) is 116 Å². The molecule has 0 amide bonds. The van der Waals surface area contributed by atoms with E-state index in [-0.39, 0.29) is 41.2 Å². The summed E-state index contributed by atoms with van der Waals surface area (Å²) >= 11 is 6.36. The van der Waals surface area contributed by atoms with Gasteiger partial charge in [0, 0.05) is 5.69 Å². The molecule has 180 valence electrons. The molecule has 0 saturated carbocycles.